The van der Waals surface area contributed by atoms with Crippen molar-refractivity contribution in [2.75, 3.05) is 12.8 Å². The number of aromatic nitrogens is 3. The molecular weight excluding hydrogens is 240 g/mol. The highest BCUT2D eigenvalue weighted by Crippen LogP contribution is 2.36. The van der Waals surface area contributed by atoms with Crippen LogP contribution in [0.1, 0.15) is 0 Å². The monoisotopic (exact) mass is 256 g/mol. The van der Waals surface area contributed by atoms with E-state index >= 15 is 0 Å². The fourth-order valence-corrected chi connectivity index (χ4v) is 2.33. The number of anilines is 1. The maximum atomic E-state index is 6.05. The van der Waals surface area contributed by atoms with Crippen LogP contribution >= 0.6 is 0 Å². The van der Waals surface area contributed by atoms with Crippen molar-refractivity contribution in [3.8, 4) is 16.9 Å². The summed E-state index contributed by atoms with van der Waals surface area (Å²) < 4.78 is 9.21. The molecule has 2 heterocycles. The van der Waals surface area contributed by atoms with Gasteiger partial charge in [-0.05, 0) is 18.2 Å². The Labute approximate surface area is 111 Å². The van der Waals surface area contributed by atoms with Gasteiger partial charge in [-0.15, -0.1) is 0 Å². The molecule has 5 heteroatoms. The van der Waals surface area contributed by atoms with Gasteiger partial charge in [0.2, 0.25) is 0 Å². The molecule has 3 rings (SSSR count). The van der Waals surface area contributed by atoms with Gasteiger partial charge in [-0.25, -0.2) is 0 Å². The summed E-state index contributed by atoms with van der Waals surface area (Å²) in [5, 5.41) is 5.33. The number of methoxy groups -OCH3 is 1. The van der Waals surface area contributed by atoms with Crippen LogP contribution in [0.4, 0.5) is 5.82 Å². The SMILES string of the molecule is COc1cc2ccn(C)c2cc1-c1cnn(C)c1N. The average Bonchev–Trinajstić information content (AvgIpc) is 2.93. The van der Waals surface area contributed by atoms with E-state index in [2.05, 4.69) is 21.8 Å². The van der Waals surface area contributed by atoms with Crippen LogP contribution < -0.4 is 10.5 Å². The Morgan fingerprint density at radius 2 is 2.00 bits per heavy atom. The summed E-state index contributed by atoms with van der Waals surface area (Å²) in [7, 11) is 5.51. The zero-order valence-corrected chi connectivity index (χ0v) is 11.2. The molecule has 0 unspecified atom stereocenters. The van der Waals surface area contributed by atoms with Crippen LogP contribution in [0.2, 0.25) is 0 Å². The number of fused-ring (bicyclic) bond motifs is 1. The van der Waals surface area contributed by atoms with Crippen LogP contribution in [0.3, 0.4) is 0 Å². The summed E-state index contributed by atoms with van der Waals surface area (Å²) in [6.07, 6.45) is 3.79. The van der Waals surface area contributed by atoms with Gasteiger partial charge in [0.05, 0.1) is 13.3 Å². The zero-order valence-electron chi connectivity index (χ0n) is 11.2. The van der Waals surface area contributed by atoms with Gasteiger partial charge in [-0.3, -0.25) is 4.68 Å². The molecule has 0 saturated heterocycles. The number of nitrogen functional groups attached to an aromatic ring is 1. The smallest absolute Gasteiger partial charge is 0.129 e. The maximum absolute atomic E-state index is 6.05. The second-order valence-electron chi connectivity index (χ2n) is 4.61. The molecule has 0 fully saturated rings. The highest BCUT2D eigenvalue weighted by Gasteiger charge is 2.14. The van der Waals surface area contributed by atoms with E-state index in [9.17, 15) is 0 Å². The number of ether oxygens (including phenoxy) is 1. The first-order chi connectivity index (χ1) is 9.11. The highest BCUT2D eigenvalue weighted by molar-refractivity contribution is 5.91. The van der Waals surface area contributed by atoms with Gasteiger partial charge in [0.1, 0.15) is 11.6 Å². The molecular formula is C14H16N4O. The number of benzene rings is 1. The van der Waals surface area contributed by atoms with Crippen molar-refractivity contribution in [1.29, 1.82) is 0 Å². The normalized spacial score (nSPS) is 11.1. The van der Waals surface area contributed by atoms with Crippen molar-refractivity contribution in [3.05, 3.63) is 30.6 Å². The Morgan fingerprint density at radius 1 is 1.21 bits per heavy atom. The van der Waals surface area contributed by atoms with Crippen LogP contribution in [-0.2, 0) is 14.1 Å². The Bertz CT molecular complexity index is 754. The molecule has 0 radical (unpaired) electrons. The van der Waals surface area contributed by atoms with Crippen molar-refractivity contribution >= 4 is 16.7 Å². The van der Waals surface area contributed by atoms with Gasteiger partial charge in [-0.1, -0.05) is 0 Å². The summed E-state index contributed by atoms with van der Waals surface area (Å²) in [6, 6.07) is 6.17. The van der Waals surface area contributed by atoms with Crippen molar-refractivity contribution in [3.63, 3.8) is 0 Å². The van der Waals surface area contributed by atoms with Crippen molar-refractivity contribution in [2.24, 2.45) is 14.1 Å². The van der Waals surface area contributed by atoms with Crippen molar-refractivity contribution < 1.29 is 4.74 Å². The minimum absolute atomic E-state index is 0.631. The lowest BCUT2D eigenvalue weighted by Gasteiger charge is -2.09. The van der Waals surface area contributed by atoms with E-state index in [1.54, 1.807) is 18.0 Å². The van der Waals surface area contributed by atoms with Gasteiger partial charge in [0, 0.05) is 42.3 Å². The minimum atomic E-state index is 0.631. The lowest BCUT2D eigenvalue weighted by atomic mass is 10.1. The molecule has 2 aromatic heterocycles. The third-order valence-corrected chi connectivity index (χ3v) is 3.48. The van der Waals surface area contributed by atoms with Crippen LogP contribution in [-0.4, -0.2) is 21.5 Å². The summed E-state index contributed by atoms with van der Waals surface area (Å²) in [5.74, 6) is 1.44. The van der Waals surface area contributed by atoms with Gasteiger partial charge in [-0.2, -0.15) is 5.10 Å². The molecule has 2 N–H and O–H groups in total. The number of nitrogens with two attached hydrogens (primary N) is 1. The first kappa shape index (κ1) is 11.6. The molecule has 0 bridgehead atoms. The van der Waals surface area contributed by atoms with Gasteiger partial charge >= 0.3 is 0 Å². The molecule has 5 nitrogen and oxygen atoms in total. The average molecular weight is 256 g/mol. The van der Waals surface area contributed by atoms with Gasteiger partial charge < -0.3 is 15.0 Å². The number of aryl methyl sites for hydroxylation is 2. The Balaban J connectivity index is 2.32. The zero-order chi connectivity index (χ0) is 13.6. The lowest BCUT2D eigenvalue weighted by molar-refractivity contribution is 0.417. The Hall–Kier alpha value is -2.43. The molecule has 0 atom stereocenters. The second kappa shape index (κ2) is 4.05. The largest absolute Gasteiger partial charge is 0.496 e. The fraction of sp³-hybridized carbons (Fsp3) is 0.214. The molecule has 0 aliphatic rings. The number of hydrogen-bond acceptors (Lipinski definition) is 3. The minimum Gasteiger partial charge on any atom is -0.496 e. The summed E-state index contributed by atoms with van der Waals surface area (Å²) in [4.78, 5) is 0. The molecule has 0 saturated carbocycles. The van der Waals surface area contributed by atoms with Crippen molar-refractivity contribution in [1.82, 2.24) is 14.3 Å². The lowest BCUT2D eigenvalue weighted by Crippen LogP contribution is -1.98. The predicted molar refractivity (Wildman–Crippen MR) is 76.1 cm³/mol. The summed E-state index contributed by atoms with van der Waals surface area (Å²) in [5.41, 5.74) is 9.04. The Kier molecular flexibility index (Phi) is 2.48. The topological polar surface area (TPSA) is 58.0 Å². The van der Waals surface area contributed by atoms with E-state index in [0.29, 0.717) is 5.82 Å². The highest BCUT2D eigenvalue weighted by atomic mass is 16.5. The first-order valence-electron chi connectivity index (χ1n) is 6.02. The standard InChI is InChI=1S/C14H16N4O/c1-17-5-4-9-6-13(19-3)10(7-12(9)17)11-8-16-18(2)14(11)15/h4-8H,15H2,1-3H3. The number of rotatable bonds is 2. The van der Waals surface area contributed by atoms with E-state index in [1.807, 2.05) is 26.4 Å². The van der Waals surface area contributed by atoms with E-state index < -0.39 is 0 Å². The molecule has 3 aromatic rings. The first-order valence-corrected chi connectivity index (χ1v) is 6.02. The van der Waals surface area contributed by atoms with Crippen LogP contribution in [0, 0.1) is 0 Å². The fourth-order valence-electron chi connectivity index (χ4n) is 2.33. The van der Waals surface area contributed by atoms with Gasteiger partial charge in [0.15, 0.2) is 0 Å². The van der Waals surface area contributed by atoms with E-state index in [1.165, 1.54) is 0 Å². The molecule has 19 heavy (non-hydrogen) atoms. The second-order valence-corrected chi connectivity index (χ2v) is 4.61. The van der Waals surface area contributed by atoms with E-state index in [-0.39, 0.29) is 0 Å². The quantitative estimate of drug-likeness (QED) is 0.764. The third-order valence-electron chi connectivity index (χ3n) is 3.48. The van der Waals surface area contributed by atoms with Crippen LogP contribution in [0.5, 0.6) is 5.75 Å². The molecule has 0 aliphatic heterocycles. The van der Waals surface area contributed by atoms with Crippen LogP contribution in [0.25, 0.3) is 22.0 Å². The summed E-state index contributed by atoms with van der Waals surface area (Å²) in [6.45, 7) is 0. The predicted octanol–water partition coefficient (Wildman–Crippen LogP) is 2.17. The number of nitrogens with zero attached hydrogens (tertiary/aromatic N) is 3. The Morgan fingerprint density at radius 3 is 2.63 bits per heavy atom. The number of hydrogen-bond donors (Lipinski definition) is 1. The molecule has 1 aromatic carbocycles. The summed E-state index contributed by atoms with van der Waals surface area (Å²) >= 11 is 0. The third kappa shape index (κ3) is 1.66. The van der Waals surface area contributed by atoms with E-state index in [0.717, 1.165) is 27.8 Å². The van der Waals surface area contributed by atoms with E-state index in [4.69, 9.17) is 10.5 Å². The molecule has 0 spiro atoms. The molecule has 0 aliphatic carbocycles. The van der Waals surface area contributed by atoms with Crippen molar-refractivity contribution in [2.45, 2.75) is 0 Å². The maximum Gasteiger partial charge on any atom is 0.129 e. The molecule has 98 valence electrons. The molecule has 0 amide bonds. The van der Waals surface area contributed by atoms with Crippen LogP contribution in [0.15, 0.2) is 30.6 Å². The van der Waals surface area contributed by atoms with Gasteiger partial charge in [0.25, 0.3) is 0 Å².